The second-order valence-corrected chi connectivity index (χ2v) is 9.45. The highest BCUT2D eigenvalue weighted by Gasteiger charge is 2.28. The summed E-state index contributed by atoms with van der Waals surface area (Å²) in [5.41, 5.74) is 1.54. The molecule has 4 rings (SSSR count). The van der Waals surface area contributed by atoms with Gasteiger partial charge in [0.1, 0.15) is 0 Å². The number of carbonyl (C=O) groups is 3. The van der Waals surface area contributed by atoms with Crippen LogP contribution in [0.4, 0.5) is 5.69 Å². The zero-order valence-corrected chi connectivity index (χ0v) is 17.0. The SMILES string of the molecule is O=C1C[C@H](C(=O)Nc2ccc3nc(SCC(=O)NC4CCCC4)sc3c2)CN1. The fourth-order valence-electron chi connectivity index (χ4n) is 3.54. The standard InChI is InChI=1S/C19H22N4O3S2/c24-16-7-11(9-20-16)18(26)22-13-5-6-14-15(8-13)28-19(23-14)27-10-17(25)21-12-3-1-2-4-12/h5-6,8,11-12H,1-4,7,9-10H2,(H,20,24)(H,21,25)(H,22,26)/t11-/m0/s1. The average molecular weight is 419 g/mol. The van der Waals surface area contributed by atoms with Crippen LogP contribution >= 0.6 is 23.1 Å². The minimum Gasteiger partial charge on any atom is -0.355 e. The first-order valence-corrected chi connectivity index (χ1v) is 11.3. The maximum Gasteiger partial charge on any atom is 0.230 e. The molecule has 2 aromatic rings. The number of benzene rings is 1. The van der Waals surface area contributed by atoms with Gasteiger partial charge in [0.05, 0.1) is 21.9 Å². The molecule has 0 bridgehead atoms. The minimum atomic E-state index is -0.325. The van der Waals surface area contributed by atoms with Gasteiger partial charge in [0.25, 0.3) is 0 Å². The fourth-order valence-corrected chi connectivity index (χ4v) is 5.46. The molecule has 0 radical (unpaired) electrons. The molecular formula is C19H22N4O3S2. The van der Waals surface area contributed by atoms with Gasteiger partial charge in [-0.2, -0.15) is 0 Å². The third-order valence-corrected chi connectivity index (χ3v) is 7.19. The second-order valence-electron chi connectivity index (χ2n) is 7.19. The van der Waals surface area contributed by atoms with Gasteiger partial charge in [-0.1, -0.05) is 24.6 Å². The van der Waals surface area contributed by atoms with Crippen molar-refractivity contribution in [3.8, 4) is 0 Å². The Bertz CT molecular complexity index is 908. The van der Waals surface area contributed by atoms with Gasteiger partial charge in [-0.05, 0) is 31.0 Å². The normalized spacial score (nSPS) is 19.7. The van der Waals surface area contributed by atoms with E-state index in [4.69, 9.17) is 0 Å². The van der Waals surface area contributed by atoms with Crippen molar-refractivity contribution in [3.63, 3.8) is 0 Å². The number of hydrogen-bond donors (Lipinski definition) is 3. The molecule has 2 aliphatic rings. The molecule has 3 N–H and O–H groups in total. The lowest BCUT2D eigenvalue weighted by atomic mass is 10.1. The summed E-state index contributed by atoms with van der Waals surface area (Å²) in [4.78, 5) is 40.2. The van der Waals surface area contributed by atoms with Crippen molar-refractivity contribution >= 4 is 56.7 Å². The van der Waals surface area contributed by atoms with E-state index >= 15 is 0 Å². The first kappa shape index (κ1) is 19.2. The molecular weight excluding hydrogens is 396 g/mol. The predicted octanol–water partition coefficient (Wildman–Crippen LogP) is 2.52. The maximum absolute atomic E-state index is 12.3. The Labute approximate surface area is 171 Å². The van der Waals surface area contributed by atoms with E-state index in [9.17, 15) is 14.4 Å². The van der Waals surface area contributed by atoms with E-state index in [1.54, 1.807) is 0 Å². The minimum absolute atomic E-state index is 0.0591. The average Bonchev–Trinajstić information content (AvgIpc) is 3.40. The van der Waals surface area contributed by atoms with E-state index in [-0.39, 0.29) is 30.1 Å². The largest absolute Gasteiger partial charge is 0.355 e. The maximum atomic E-state index is 12.3. The molecule has 1 saturated carbocycles. The number of hydrogen-bond acceptors (Lipinski definition) is 6. The summed E-state index contributed by atoms with van der Waals surface area (Å²) in [7, 11) is 0. The van der Waals surface area contributed by atoms with Crippen LogP contribution in [-0.4, -0.2) is 41.0 Å². The molecule has 148 valence electrons. The summed E-state index contributed by atoms with van der Waals surface area (Å²) in [6, 6.07) is 5.89. The van der Waals surface area contributed by atoms with Gasteiger partial charge < -0.3 is 16.0 Å². The number of thioether (sulfide) groups is 1. The summed E-state index contributed by atoms with van der Waals surface area (Å²) in [6.45, 7) is 0.386. The summed E-state index contributed by atoms with van der Waals surface area (Å²) in [5, 5.41) is 8.63. The number of nitrogens with one attached hydrogen (secondary N) is 3. The third kappa shape index (κ3) is 4.64. The van der Waals surface area contributed by atoms with E-state index in [0.717, 1.165) is 27.4 Å². The van der Waals surface area contributed by atoms with E-state index < -0.39 is 0 Å². The molecule has 7 nitrogen and oxygen atoms in total. The van der Waals surface area contributed by atoms with E-state index in [1.165, 1.54) is 35.9 Å². The van der Waals surface area contributed by atoms with Crippen molar-refractivity contribution < 1.29 is 14.4 Å². The molecule has 9 heteroatoms. The van der Waals surface area contributed by atoms with Crippen LogP contribution in [0.1, 0.15) is 32.1 Å². The molecule has 1 atom stereocenters. The lowest BCUT2D eigenvalue weighted by Crippen LogP contribution is -2.33. The fraction of sp³-hybridized carbons (Fsp3) is 0.474. The molecule has 1 aromatic carbocycles. The summed E-state index contributed by atoms with van der Waals surface area (Å²) in [5.74, 6) is -0.141. The van der Waals surface area contributed by atoms with Crippen LogP contribution in [0.3, 0.4) is 0 Å². The summed E-state index contributed by atoms with van der Waals surface area (Å²) >= 11 is 2.95. The Morgan fingerprint density at radius 3 is 2.86 bits per heavy atom. The summed E-state index contributed by atoms with van der Waals surface area (Å²) < 4.78 is 1.79. The van der Waals surface area contributed by atoms with Crippen molar-refractivity contribution in [1.29, 1.82) is 0 Å². The summed E-state index contributed by atoms with van der Waals surface area (Å²) in [6.07, 6.45) is 4.79. The number of amides is 3. The molecule has 3 amide bonds. The van der Waals surface area contributed by atoms with E-state index in [0.29, 0.717) is 24.0 Å². The first-order chi connectivity index (χ1) is 13.6. The van der Waals surface area contributed by atoms with E-state index in [2.05, 4.69) is 20.9 Å². The lowest BCUT2D eigenvalue weighted by Gasteiger charge is -2.10. The molecule has 2 fully saturated rings. The monoisotopic (exact) mass is 418 g/mol. The second kappa shape index (κ2) is 8.48. The zero-order chi connectivity index (χ0) is 19.5. The van der Waals surface area contributed by atoms with Gasteiger partial charge in [-0.15, -0.1) is 11.3 Å². The van der Waals surface area contributed by atoms with Crippen LogP contribution in [0.15, 0.2) is 22.5 Å². The molecule has 1 aliphatic heterocycles. The van der Waals surface area contributed by atoms with Crippen molar-refractivity contribution in [1.82, 2.24) is 15.6 Å². The Hall–Kier alpha value is -2.13. The van der Waals surface area contributed by atoms with Gasteiger partial charge in [0.2, 0.25) is 17.7 Å². The number of thiazole rings is 1. The number of carbonyl (C=O) groups excluding carboxylic acids is 3. The van der Waals surface area contributed by atoms with Gasteiger partial charge in [-0.25, -0.2) is 4.98 Å². The first-order valence-electron chi connectivity index (χ1n) is 9.47. The topological polar surface area (TPSA) is 100 Å². The van der Waals surface area contributed by atoms with Crippen LogP contribution < -0.4 is 16.0 Å². The third-order valence-electron chi connectivity index (χ3n) is 5.03. The molecule has 1 aliphatic carbocycles. The van der Waals surface area contributed by atoms with Crippen LogP contribution in [0, 0.1) is 5.92 Å². The lowest BCUT2D eigenvalue weighted by molar-refractivity contribution is -0.123. The zero-order valence-electron chi connectivity index (χ0n) is 15.3. The predicted molar refractivity (Wildman–Crippen MR) is 110 cm³/mol. The molecule has 28 heavy (non-hydrogen) atoms. The van der Waals surface area contributed by atoms with Crippen LogP contribution in [0.5, 0.6) is 0 Å². The molecule has 1 aromatic heterocycles. The Kier molecular flexibility index (Phi) is 5.82. The Morgan fingerprint density at radius 2 is 2.11 bits per heavy atom. The van der Waals surface area contributed by atoms with Crippen molar-refractivity contribution in [3.05, 3.63) is 18.2 Å². The number of rotatable bonds is 6. The molecule has 0 unspecified atom stereocenters. The highest BCUT2D eigenvalue weighted by atomic mass is 32.2. The van der Waals surface area contributed by atoms with Gasteiger partial charge >= 0.3 is 0 Å². The Balaban J connectivity index is 1.34. The van der Waals surface area contributed by atoms with Crippen molar-refractivity contribution in [2.45, 2.75) is 42.5 Å². The Morgan fingerprint density at radius 1 is 1.29 bits per heavy atom. The highest BCUT2D eigenvalue weighted by molar-refractivity contribution is 8.01. The van der Waals surface area contributed by atoms with Gasteiger partial charge in [0, 0.05) is 24.7 Å². The number of fused-ring (bicyclic) bond motifs is 1. The highest BCUT2D eigenvalue weighted by Crippen LogP contribution is 2.31. The number of nitrogens with zero attached hydrogens (tertiary/aromatic N) is 1. The number of anilines is 1. The molecule has 0 spiro atoms. The van der Waals surface area contributed by atoms with Crippen LogP contribution in [0.25, 0.3) is 10.2 Å². The van der Waals surface area contributed by atoms with E-state index in [1.807, 2.05) is 18.2 Å². The van der Waals surface area contributed by atoms with Gasteiger partial charge in [0.15, 0.2) is 4.34 Å². The molecule has 1 saturated heterocycles. The van der Waals surface area contributed by atoms with Crippen molar-refractivity contribution in [2.75, 3.05) is 17.6 Å². The van der Waals surface area contributed by atoms with Crippen LogP contribution in [0.2, 0.25) is 0 Å². The smallest absolute Gasteiger partial charge is 0.230 e. The van der Waals surface area contributed by atoms with Crippen LogP contribution in [-0.2, 0) is 14.4 Å². The van der Waals surface area contributed by atoms with Crippen molar-refractivity contribution in [2.24, 2.45) is 5.92 Å². The quantitative estimate of drug-likeness (QED) is 0.626. The van der Waals surface area contributed by atoms with Gasteiger partial charge in [-0.3, -0.25) is 14.4 Å². The number of aromatic nitrogens is 1. The molecule has 2 heterocycles.